The van der Waals surface area contributed by atoms with Crippen molar-refractivity contribution < 1.29 is 13.6 Å². The van der Waals surface area contributed by atoms with Gasteiger partial charge in [0, 0.05) is 24.5 Å². The number of aromatic nitrogens is 1. The first-order valence-corrected chi connectivity index (χ1v) is 9.72. The summed E-state index contributed by atoms with van der Waals surface area (Å²) in [6.07, 6.45) is 3.35. The van der Waals surface area contributed by atoms with Crippen LogP contribution in [0.1, 0.15) is 27.0 Å². The Bertz CT molecular complexity index is 992. The highest BCUT2D eigenvalue weighted by atomic mass is 32.2. The van der Waals surface area contributed by atoms with Crippen LogP contribution in [0.4, 0.5) is 11.4 Å². The van der Waals surface area contributed by atoms with E-state index in [-0.39, 0.29) is 5.91 Å². The average molecular weight is 394 g/mol. The Hall–Kier alpha value is -3.03. The number of nitrogens with one attached hydrogen (secondary N) is 1. The van der Waals surface area contributed by atoms with E-state index in [1.165, 1.54) is 4.31 Å². The Labute approximate surface area is 166 Å². The highest BCUT2D eigenvalue weighted by Gasteiger charge is 2.14. The number of amides is 1. The smallest absolute Gasteiger partial charge is 0.251 e. The Morgan fingerprint density at radius 1 is 1.07 bits per heavy atom. The highest BCUT2D eigenvalue weighted by molar-refractivity contribution is 7.81. The van der Waals surface area contributed by atoms with Crippen LogP contribution in [0.25, 0.3) is 0 Å². The highest BCUT2D eigenvalue weighted by Crippen LogP contribution is 2.29. The first-order valence-electron chi connectivity index (χ1n) is 8.69. The second kappa shape index (κ2) is 8.77. The van der Waals surface area contributed by atoms with Crippen molar-refractivity contribution in [1.82, 2.24) is 10.3 Å². The number of nitrogens with zero attached hydrogens (tertiary/aromatic N) is 2. The van der Waals surface area contributed by atoms with Gasteiger partial charge in [0.05, 0.1) is 22.6 Å². The number of pyridine rings is 1. The molecule has 1 heterocycles. The molecule has 3 aromatic rings. The summed E-state index contributed by atoms with van der Waals surface area (Å²) in [7, 11) is 0. The first kappa shape index (κ1) is 19.7. The van der Waals surface area contributed by atoms with E-state index in [0.29, 0.717) is 23.5 Å². The predicted molar refractivity (Wildman–Crippen MR) is 109 cm³/mol. The molecule has 0 aliphatic heterocycles. The van der Waals surface area contributed by atoms with Crippen molar-refractivity contribution in [1.29, 1.82) is 0 Å². The number of carbonyl (C=O) groups excluding carboxylic acids is 1. The topological polar surface area (TPSA) is 85.4 Å². The molecule has 0 saturated carbocycles. The zero-order valence-electron chi connectivity index (χ0n) is 15.6. The molecule has 1 amide bonds. The van der Waals surface area contributed by atoms with E-state index in [1.807, 2.05) is 32.0 Å². The quantitative estimate of drug-likeness (QED) is 0.648. The first-order chi connectivity index (χ1) is 13.4. The van der Waals surface area contributed by atoms with Crippen LogP contribution >= 0.6 is 0 Å². The molecule has 1 unspecified atom stereocenters. The van der Waals surface area contributed by atoms with Crippen molar-refractivity contribution in [2.75, 3.05) is 4.31 Å². The molecular weight excluding hydrogens is 374 g/mol. The number of benzene rings is 2. The lowest BCUT2D eigenvalue weighted by Crippen LogP contribution is -2.24. The third-order valence-electron chi connectivity index (χ3n) is 4.15. The van der Waals surface area contributed by atoms with E-state index >= 15 is 0 Å². The van der Waals surface area contributed by atoms with Crippen LogP contribution in [-0.4, -0.2) is 19.7 Å². The number of hydrogen-bond acceptors (Lipinski definition) is 4. The standard InChI is InChI=1S/C21H21N3O3S/c1-15-5-7-19(8-6-15)24(28(26)27)20-11-16(2)10-18(12-20)21(25)23-14-17-4-3-9-22-13-17/h3-13H,14H2,1-2H3,(H,23,25)(H,26,27)/p-1. The molecule has 1 N–H and O–H groups in total. The number of anilines is 2. The normalized spacial score (nSPS) is 11.7. The van der Waals surface area contributed by atoms with Crippen LogP contribution in [0.2, 0.25) is 0 Å². The van der Waals surface area contributed by atoms with Gasteiger partial charge in [0.15, 0.2) is 0 Å². The number of aryl methyl sites for hydroxylation is 2. The fraction of sp³-hybridized carbons (Fsp3) is 0.143. The average Bonchev–Trinajstić information content (AvgIpc) is 2.68. The lowest BCUT2D eigenvalue weighted by atomic mass is 10.1. The van der Waals surface area contributed by atoms with Crippen molar-refractivity contribution >= 4 is 28.5 Å². The van der Waals surface area contributed by atoms with Gasteiger partial charge in [0.25, 0.3) is 5.91 Å². The maximum absolute atomic E-state index is 12.6. The minimum absolute atomic E-state index is 0.283. The molecule has 0 spiro atoms. The van der Waals surface area contributed by atoms with E-state index < -0.39 is 11.3 Å². The summed E-state index contributed by atoms with van der Waals surface area (Å²) in [5.41, 5.74) is 3.99. The zero-order valence-corrected chi connectivity index (χ0v) is 16.4. The largest absolute Gasteiger partial charge is 0.755 e. The van der Waals surface area contributed by atoms with Crippen molar-refractivity contribution in [3.63, 3.8) is 0 Å². The Morgan fingerprint density at radius 2 is 1.82 bits per heavy atom. The van der Waals surface area contributed by atoms with Crippen molar-refractivity contribution in [2.45, 2.75) is 20.4 Å². The molecular formula is C21H20N3O3S-. The van der Waals surface area contributed by atoms with Crippen LogP contribution in [0.5, 0.6) is 0 Å². The fourth-order valence-electron chi connectivity index (χ4n) is 2.80. The molecule has 0 saturated heterocycles. The third kappa shape index (κ3) is 4.82. The van der Waals surface area contributed by atoms with Crippen molar-refractivity contribution in [2.24, 2.45) is 0 Å². The van der Waals surface area contributed by atoms with Crippen LogP contribution in [-0.2, 0) is 17.8 Å². The number of hydrogen-bond donors (Lipinski definition) is 1. The molecule has 3 rings (SSSR count). The van der Waals surface area contributed by atoms with Gasteiger partial charge in [-0.25, -0.2) is 0 Å². The zero-order chi connectivity index (χ0) is 20.1. The minimum Gasteiger partial charge on any atom is -0.755 e. The fourth-order valence-corrected chi connectivity index (χ4v) is 3.37. The van der Waals surface area contributed by atoms with Crippen LogP contribution in [0.15, 0.2) is 67.0 Å². The lowest BCUT2D eigenvalue weighted by Gasteiger charge is -2.27. The second-order valence-corrected chi connectivity index (χ2v) is 7.25. The van der Waals surface area contributed by atoms with Gasteiger partial charge in [0.1, 0.15) is 0 Å². The van der Waals surface area contributed by atoms with Gasteiger partial charge in [-0.3, -0.25) is 18.3 Å². The van der Waals surface area contributed by atoms with E-state index in [0.717, 1.165) is 16.7 Å². The van der Waals surface area contributed by atoms with Gasteiger partial charge < -0.3 is 9.87 Å². The summed E-state index contributed by atoms with van der Waals surface area (Å²) >= 11 is -2.53. The van der Waals surface area contributed by atoms with E-state index in [2.05, 4.69) is 10.3 Å². The van der Waals surface area contributed by atoms with Crippen LogP contribution < -0.4 is 9.62 Å². The van der Waals surface area contributed by atoms with E-state index in [9.17, 15) is 13.6 Å². The molecule has 1 atom stereocenters. The summed E-state index contributed by atoms with van der Waals surface area (Å²) < 4.78 is 25.0. The lowest BCUT2D eigenvalue weighted by molar-refractivity contribution is 0.0951. The SMILES string of the molecule is Cc1ccc(N(c2cc(C)cc(C(=O)NCc3cccnc3)c2)S(=O)[O-])cc1. The van der Waals surface area contributed by atoms with E-state index in [4.69, 9.17) is 0 Å². The van der Waals surface area contributed by atoms with Gasteiger partial charge >= 0.3 is 0 Å². The molecule has 2 aromatic carbocycles. The molecule has 144 valence electrons. The Balaban J connectivity index is 1.87. The number of rotatable bonds is 6. The summed E-state index contributed by atoms with van der Waals surface area (Å²) in [5, 5.41) is 2.83. The molecule has 0 aliphatic carbocycles. The molecule has 1 aromatic heterocycles. The molecule has 6 nitrogen and oxygen atoms in total. The third-order valence-corrected chi connectivity index (χ3v) is 4.87. The maximum Gasteiger partial charge on any atom is 0.251 e. The molecule has 28 heavy (non-hydrogen) atoms. The Morgan fingerprint density at radius 3 is 2.46 bits per heavy atom. The van der Waals surface area contributed by atoms with Crippen LogP contribution in [0.3, 0.4) is 0 Å². The molecule has 0 aliphatic rings. The second-order valence-electron chi connectivity index (χ2n) is 6.45. The molecule has 0 radical (unpaired) electrons. The Kier molecular flexibility index (Phi) is 6.18. The minimum atomic E-state index is -2.53. The van der Waals surface area contributed by atoms with Gasteiger partial charge in [-0.2, -0.15) is 0 Å². The monoisotopic (exact) mass is 394 g/mol. The van der Waals surface area contributed by atoms with Gasteiger partial charge in [-0.1, -0.05) is 23.8 Å². The van der Waals surface area contributed by atoms with Gasteiger partial charge in [-0.15, -0.1) is 0 Å². The molecule has 0 bridgehead atoms. The van der Waals surface area contributed by atoms with Gasteiger partial charge in [0.2, 0.25) is 0 Å². The molecule has 7 heteroatoms. The van der Waals surface area contributed by atoms with E-state index in [1.54, 1.807) is 48.8 Å². The van der Waals surface area contributed by atoms with Crippen molar-refractivity contribution in [3.8, 4) is 0 Å². The van der Waals surface area contributed by atoms with Gasteiger partial charge in [-0.05, 0) is 61.4 Å². The summed E-state index contributed by atoms with van der Waals surface area (Å²) in [6.45, 7) is 4.09. The van der Waals surface area contributed by atoms with Crippen molar-refractivity contribution in [3.05, 3.63) is 89.2 Å². The number of carbonyl (C=O) groups is 1. The summed E-state index contributed by atoms with van der Waals surface area (Å²) in [4.78, 5) is 16.6. The molecule has 0 fully saturated rings. The summed E-state index contributed by atoms with van der Waals surface area (Å²) in [6, 6.07) is 15.8. The maximum atomic E-state index is 12.6. The predicted octanol–water partition coefficient (Wildman–Crippen LogP) is 3.56. The van der Waals surface area contributed by atoms with Crippen LogP contribution in [0, 0.1) is 13.8 Å². The summed E-state index contributed by atoms with van der Waals surface area (Å²) in [5.74, 6) is -0.283.